The summed E-state index contributed by atoms with van der Waals surface area (Å²) in [5.41, 5.74) is 4.43. The van der Waals surface area contributed by atoms with E-state index in [-0.39, 0.29) is 0 Å². The molecule has 2 aromatic rings. The lowest BCUT2D eigenvalue weighted by Crippen LogP contribution is -2.40. The largest absolute Gasteiger partial charge is 0.379 e. The zero-order chi connectivity index (χ0) is 20.5. The molecule has 3 rings (SSSR count). The van der Waals surface area contributed by atoms with Crippen LogP contribution in [-0.2, 0) is 11.3 Å². The molecule has 158 valence electrons. The number of aryl methyl sites for hydroxylation is 1. The molecule has 0 atom stereocenters. The Labute approximate surface area is 174 Å². The standard InChI is InChI=1S/C22H34N6O/c1-4-23-22(24-11-8-12-27-13-15-29-16-14-27)25-17-21-18(2)26-28(19(21)3)20-9-6-5-7-10-20/h5-7,9-10H,4,8,11-17H2,1-3H3,(H2,23,24,25). The minimum Gasteiger partial charge on any atom is -0.379 e. The summed E-state index contributed by atoms with van der Waals surface area (Å²) >= 11 is 0. The van der Waals surface area contributed by atoms with Crippen molar-refractivity contribution in [2.45, 2.75) is 33.7 Å². The maximum Gasteiger partial charge on any atom is 0.191 e. The van der Waals surface area contributed by atoms with Crippen LogP contribution in [0.3, 0.4) is 0 Å². The summed E-state index contributed by atoms with van der Waals surface area (Å²) in [6.07, 6.45) is 1.09. The number of benzene rings is 1. The lowest BCUT2D eigenvalue weighted by molar-refractivity contribution is 0.0376. The molecule has 0 spiro atoms. The Morgan fingerprint density at radius 2 is 1.90 bits per heavy atom. The zero-order valence-corrected chi connectivity index (χ0v) is 17.9. The maximum absolute atomic E-state index is 5.41. The van der Waals surface area contributed by atoms with Crippen molar-refractivity contribution < 1.29 is 4.74 Å². The van der Waals surface area contributed by atoms with Crippen LogP contribution in [0.15, 0.2) is 35.3 Å². The lowest BCUT2D eigenvalue weighted by Gasteiger charge is -2.26. The van der Waals surface area contributed by atoms with Gasteiger partial charge in [-0.15, -0.1) is 0 Å². The average molecular weight is 399 g/mol. The molecule has 0 bridgehead atoms. The van der Waals surface area contributed by atoms with Crippen LogP contribution in [0.1, 0.15) is 30.3 Å². The first-order chi connectivity index (χ1) is 14.2. The van der Waals surface area contributed by atoms with Crippen LogP contribution in [0.25, 0.3) is 5.69 Å². The molecular weight excluding hydrogens is 364 g/mol. The smallest absolute Gasteiger partial charge is 0.191 e. The van der Waals surface area contributed by atoms with E-state index in [1.165, 1.54) is 5.56 Å². The summed E-state index contributed by atoms with van der Waals surface area (Å²) in [5.74, 6) is 0.862. The van der Waals surface area contributed by atoms with E-state index in [2.05, 4.69) is 48.4 Å². The second kappa shape index (κ2) is 11.0. The van der Waals surface area contributed by atoms with Crippen LogP contribution in [0, 0.1) is 13.8 Å². The predicted molar refractivity (Wildman–Crippen MR) is 118 cm³/mol. The SMILES string of the molecule is CCNC(=NCc1c(C)nn(-c2ccccc2)c1C)NCCCN1CCOCC1. The fourth-order valence-electron chi connectivity index (χ4n) is 3.56. The first-order valence-electron chi connectivity index (χ1n) is 10.6. The summed E-state index contributed by atoms with van der Waals surface area (Å²) in [5, 5.41) is 11.5. The highest BCUT2D eigenvalue weighted by Crippen LogP contribution is 2.18. The van der Waals surface area contributed by atoms with E-state index < -0.39 is 0 Å². The van der Waals surface area contributed by atoms with E-state index in [9.17, 15) is 0 Å². The zero-order valence-electron chi connectivity index (χ0n) is 17.9. The number of para-hydroxylation sites is 1. The third-order valence-electron chi connectivity index (χ3n) is 5.23. The first kappa shape index (κ1) is 21.3. The Morgan fingerprint density at radius 3 is 2.62 bits per heavy atom. The molecular formula is C22H34N6O. The van der Waals surface area contributed by atoms with Gasteiger partial charge in [-0.05, 0) is 45.9 Å². The minimum absolute atomic E-state index is 0.614. The van der Waals surface area contributed by atoms with Gasteiger partial charge in [0.2, 0.25) is 0 Å². The fourth-order valence-corrected chi connectivity index (χ4v) is 3.56. The van der Waals surface area contributed by atoms with E-state index in [1.807, 2.05) is 22.9 Å². The van der Waals surface area contributed by atoms with Gasteiger partial charge in [-0.1, -0.05) is 18.2 Å². The Hall–Kier alpha value is -2.38. The van der Waals surface area contributed by atoms with Gasteiger partial charge in [0.05, 0.1) is 31.1 Å². The third kappa shape index (κ3) is 6.05. The molecule has 29 heavy (non-hydrogen) atoms. The van der Waals surface area contributed by atoms with Gasteiger partial charge in [-0.25, -0.2) is 9.67 Å². The summed E-state index contributed by atoms with van der Waals surface area (Å²) < 4.78 is 7.41. The highest BCUT2D eigenvalue weighted by Gasteiger charge is 2.13. The second-order valence-corrected chi connectivity index (χ2v) is 7.33. The molecule has 0 amide bonds. The molecule has 1 aromatic carbocycles. The number of nitrogens with one attached hydrogen (secondary N) is 2. The van der Waals surface area contributed by atoms with Crippen LogP contribution in [0.4, 0.5) is 0 Å². The Bertz CT molecular complexity index is 780. The third-order valence-corrected chi connectivity index (χ3v) is 5.23. The van der Waals surface area contributed by atoms with Crippen molar-refractivity contribution in [2.75, 3.05) is 45.9 Å². The van der Waals surface area contributed by atoms with Crippen LogP contribution in [0.5, 0.6) is 0 Å². The minimum atomic E-state index is 0.614. The van der Waals surface area contributed by atoms with Crippen molar-refractivity contribution in [2.24, 2.45) is 4.99 Å². The Morgan fingerprint density at radius 1 is 1.14 bits per heavy atom. The second-order valence-electron chi connectivity index (χ2n) is 7.33. The van der Waals surface area contributed by atoms with Gasteiger partial charge in [0.25, 0.3) is 0 Å². The topological polar surface area (TPSA) is 66.7 Å². The van der Waals surface area contributed by atoms with E-state index in [0.717, 1.165) is 75.4 Å². The lowest BCUT2D eigenvalue weighted by atomic mass is 10.2. The molecule has 0 saturated carbocycles. The number of nitrogens with zero attached hydrogens (tertiary/aromatic N) is 4. The number of hydrogen-bond donors (Lipinski definition) is 2. The molecule has 1 aromatic heterocycles. The number of rotatable bonds is 8. The van der Waals surface area contributed by atoms with Crippen LogP contribution < -0.4 is 10.6 Å². The molecule has 2 heterocycles. The van der Waals surface area contributed by atoms with Gasteiger partial charge in [-0.3, -0.25) is 4.90 Å². The van der Waals surface area contributed by atoms with Crippen molar-refractivity contribution in [3.05, 3.63) is 47.3 Å². The first-order valence-corrected chi connectivity index (χ1v) is 10.6. The van der Waals surface area contributed by atoms with E-state index in [4.69, 9.17) is 14.8 Å². The molecule has 0 radical (unpaired) electrons. The van der Waals surface area contributed by atoms with Crippen LogP contribution in [-0.4, -0.2) is 66.6 Å². The van der Waals surface area contributed by atoms with Gasteiger partial charge in [0.1, 0.15) is 0 Å². The number of ether oxygens (including phenoxy) is 1. The maximum atomic E-state index is 5.41. The van der Waals surface area contributed by atoms with E-state index in [0.29, 0.717) is 6.54 Å². The molecule has 0 aliphatic carbocycles. The highest BCUT2D eigenvalue weighted by molar-refractivity contribution is 5.79. The molecule has 1 aliphatic rings. The fraction of sp³-hybridized carbons (Fsp3) is 0.545. The molecule has 2 N–H and O–H groups in total. The number of morpholine rings is 1. The number of aliphatic imine (C=N–C) groups is 1. The molecule has 1 aliphatic heterocycles. The Kier molecular flexibility index (Phi) is 8.07. The summed E-state index contributed by atoms with van der Waals surface area (Å²) in [6.45, 7) is 13.5. The summed E-state index contributed by atoms with van der Waals surface area (Å²) in [7, 11) is 0. The summed E-state index contributed by atoms with van der Waals surface area (Å²) in [4.78, 5) is 7.26. The molecule has 1 saturated heterocycles. The van der Waals surface area contributed by atoms with Crippen molar-refractivity contribution in [1.29, 1.82) is 0 Å². The van der Waals surface area contributed by atoms with Crippen LogP contribution >= 0.6 is 0 Å². The van der Waals surface area contributed by atoms with Gasteiger partial charge in [0, 0.05) is 37.4 Å². The monoisotopic (exact) mass is 398 g/mol. The summed E-state index contributed by atoms with van der Waals surface area (Å²) in [6, 6.07) is 10.2. The van der Waals surface area contributed by atoms with Crippen molar-refractivity contribution in [3.63, 3.8) is 0 Å². The normalized spacial score (nSPS) is 15.5. The quantitative estimate of drug-likeness (QED) is 0.406. The number of aromatic nitrogens is 2. The van der Waals surface area contributed by atoms with Crippen molar-refractivity contribution in [3.8, 4) is 5.69 Å². The van der Waals surface area contributed by atoms with E-state index in [1.54, 1.807) is 0 Å². The average Bonchev–Trinajstić information content (AvgIpc) is 3.04. The van der Waals surface area contributed by atoms with Crippen molar-refractivity contribution >= 4 is 5.96 Å². The van der Waals surface area contributed by atoms with Gasteiger partial charge >= 0.3 is 0 Å². The number of guanidine groups is 1. The van der Waals surface area contributed by atoms with Gasteiger partial charge in [0.15, 0.2) is 5.96 Å². The van der Waals surface area contributed by atoms with Gasteiger partial charge in [-0.2, -0.15) is 5.10 Å². The van der Waals surface area contributed by atoms with Crippen LogP contribution in [0.2, 0.25) is 0 Å². The van der Waals surface area contributed by atoms with Gasteiger partial charge < -0.3 is 15.4 Å². The predicted octanol–water partition coefficient (Wildman–Crippen LogP) is 2.27. The number of hydrogen-bond acceptors (Lipinski definition) is 4. The molecule has 7 heteroatoms. The molecule has 7 nitrogen and oxygen atoms in total. The van der Waals surface area contributed by atoms with Crippen molar-refractivity contribution in [1.82, 2.24) is 25.3 Å². The Balaban J connectivity index is 1.57. The van der Waals surface area contributed by atoms with E-state index >= 15 is 0 Å². The molecule has 1 fully saturated rings. The molecule has 0 unspecified atom stereocenters. The highest BCUT2D eigenvalue weighted by atomic mass is 16.5.